The Labute approximate surface area is 176 Å². The van der Waals surface area contributed by atoms with Gasteiger partial charge in [0.1, 0.15) is 0 Å². The van der Waals surface area contributed by atoms with E-state index in [2.05, 4.69) is 9.73 Å². The summed E-state index contributed by atoms with van der Waals surface area (Å²) < 4.78 is 20.4. The van der Waals surface area contributed by atoms with Crippen LogP contribution < -0.4 is 9.47 Å². The molecule has 150 valence electrons. The van der Waals surface area contributed by atoms with Crippen LogP contribution in [0, 0.1) is 0 Å². The molecule has 0 aliphatic carbocycles. The summed E-state index contributed by atoms with van der Waals surface area (Å²) in [6.07, 6.45) is 1.50. The zero-order valence-electron chi connectivity index (χ0n) is 15.4. The molecule has 0 saturated carbocycles. The first-order valence-electron chi connectivity index (χ1n) is 8.27. The van der Waals surface area contributed by atoms with Crippen LogP contribution in [0.5, 0.6) is 11.5 Å². The molecule has 0 amide bonds. The van der Waals surface area contributed by atoms with Crippen LogP contribution in [0.15, 0.2) is 47.1 Å². The monoisotopic (exact) mass is 435 g/mol. The second kappa shape index (κ2) is 8.98. The van der Waals surface area contributed by atoms with E-state index in [1.165, 1.54) is 20.3 Å². The number of halogens is 2. The minimum Gasteiger partial charge on any atom is -0.493 e. The van der Waals surface area contributed by atoms with Gasteiger partial charge in [-0.25, -0.2) is 14.6 Å². The molecular formula is C20H15Cl2NO6. The minimum atomic E-state index is -0.610. The zero-order valence-corrected chi connectivity index (χ0v) is 16.9. The van der Waals surface area contributed by atoms with Crippen molar-refractivity contribution in [1.29, 1.82) is 0 Å². The van der Waals surface area contributed by atoms with Crippen molar-refractivity contribution in [2.45, 2.75) is 0 Å². The predicted octanol–water partition coefficient (Wildman–Crippen LogP) is 3.90. The fourth-order valence-corrected chi connectivity index (χ4v) is 2.93. The molecule has 29 heavy (non-hydrogen) atoms. The number of aliphatic imine (C=N–C) groups is 1. The van der Waals surface area contributed by atoms with Gasteiger partial charge in [-0.2, -0.15) is 0 Å². The van der Waals surface area contributed by atoms with Gasteiger partial charge in [-0.3, -0.25) is 0 Å². The van der Waals surface area contributed by atoms with Gasteiger partial charge in [-0.05, 0) is 42.0 Å². The summed E-state index contributed by atoms with van der Waals surface area (Å²) in [7, 11) is 2.67. The summed E-state index contributed by atoms with van der Waals surface area (Å²) in [5.41, 5.74) is 1.19. The van der Waals surface area contributed by atoms with Crippen LogP contribution in [0.25, 0.3) is 6.08 Å². The summed E-state index contributed by atoms with van der Waals surface area (Å²) in [4.78, 5) is 27.7. The van der Waals surface area contributed by atoms with E-state index >= 15 is 0 Å². The van der Waals surface area contributed by atoms with Crippen molar-refractivity contribution in [2.24, 2.45) is 4.99 Å². The fourth-order valence-electron chi connectivity index (χ4n) is 2.47. The smallest absolute Gasteiger partial charge is 0.363 e. The maximum absolute atomic E-state index is 12.2. The maximum atomic E-state index is 12.2. The first-order valence-corrected chi connectivity index (χ1v) is 9.02. The summed E-state index contributed by atoms with van der Waals surface area (Å²) in [5, 5.41) is 0.684. The first kappa shape index (κ1) is 20.7. The molecule has 1 aliphatic rings. The Kier molecular flexibility index (Phi) is 6.41. The third-order valence-corrected chi connectivity index (χ3v) is 4.33. The number of carbonyl (C=O) groups is 2. The third-order valence-electron chi connectivity index (χ3n) is 3.81. The molecule has 0 fully saturated rings. The summed E-state index contributed by atoms with van der Waals surface area (Å²) in [6, 6.07) is 9.94. The predicted molar refractivity (Wildman–Crippen MR) is 108 cm³/mol. The van der Waals surface area contributed by atoms with E-state index < -0.39 is 11.9 Å². The van der Waals surface area contributed by atoms with Gasteiger partial charge in [0.05, 0.1) is 19.2 Å². The highest BCUT2D eigenvalue weighted by molar-refractivity contribution is 6.32. The molecule has 2 aromatic rings. The standard InChI is InChI=1S/C20H15Cl2NO6/c1-26-16-8-11(6-14(22)18(16)28-10-17(24)27-2)7-15-20(25)29-19(23-15)12-4-3-5-13(21)9-12/h3-9H,10H2,1-2H3. The van der Waals surface area contributed by atoms with E-state index in [9.17, 15) is 9.59 Å². The largest absolute Gasteiger partial charge is 0.493 e. The summed E-state index contributed by atoms with van der Waals surface area (Å²) >= 11 is 12.2. The first-order chi connectivity index (χ1) is 13.9. The molecule has 1 aliphatic heterocycles. The van der Waals surface area contributed by atoms with Crippen molar-refractivity contribution >= 4 is 47.1 Å². The van der Waals surface area contributed by atoms with Crippen molar-refractivity contribution in [3.05, 3.63) is 63.3 Å². The van der Waals surface area contributed by atoms with Crippen molar-refractivity contribution < 1.29 is 28.5 Å². The molecule has 0 aromatic heterocycles. The number of hydrogen-bond donors (Lipinski definition) is 0. The Morgan fingerprint density at radius 3 is 2.69 bits per heavy atom. The van der Waals surface area contributed by atoms with Crippen molar-refractivity contribution in [3.63, 3.8) is 0 Å². The Morgan fingerprint density at radius 1 is 1.21 bits per heavy atom. The lowest BCUT2D eigenvalue weighted by molar-refractivity contribution is -0.143. The van der Waals surface area contributed by atoms with Crippen molar-refractivity contribution in [1.82, 2.24) is 0 Å². The molecule has 0 unspecified atom stereocenters. The highest BCUT2D eigenvalue weighted by Gasteiger charge is 2.24. The molecule has 0 atom stereocenters. The number of ether oxygens (including phenoxy) is 4. The number of esters is 2. The SMILES string of the molecule is COC(=O)COc1c(Cl)cc(C=C2N=C(c3cccc(Cl)c3)OC2=O)cc1OC. The number of carbonyl (C=O) groups excluding carboxylic acids is 2. The molecule has 0 radical (unpaired) electrons. The number of cyclic esters (lactones) is 1. The van der Waals surface area contributed by atoms with Gasteiger partial charge in [-0.1, -0.05) is 29.3 Å². The second-order valence-corrected chi connectivity index (χ2v) is 6.59. The number of nitrogens with zero attached hydrogens (tertiary/aromatic N) is 1. The van der Waals surface area contributed by atoms with Gasteiger partial charge in [-0.15, -0.1) is 0 Å². The average Bonchev–Trinajstić information content (AvgIpc) is 3.06. The quantitative estimate of drug-likeness (QED) is 0.505. The normalized spacial score (nSPS) is 14.4. The molecule has 0 bridgehead atoms. The molecule has 0 N–H and O–H groups in total. The van der Waals surface area contributed by atoms with E-state index in [4.69, 9.17) is 37.4 Å². The van der Waals surface area contributed by atoms with Gasteiger partial charge in [0, 0.05) is 10.6 Å². The molecular weight excluding hydrogens is 421 g/mol. The van der Waals surface area contributed by atoms with E-state index in [0.29, 0.717) is 16.1 Å². The van der Waals surface area contributed by atoms with Gasteiger partial charge < -0.3 is 18.9 Å². The van der Waals surface area contributed by atoms with E-state index in [-0.39, 0.29) is 34.7 Å². The van der Waals surface area contributed by atoms with Crippen LogP contribution in [0.1, 0.15) is 11.1 Å². The van der Waals surface area contributed by atoms with E-state index in [1.807, 2.05) is 0 Å². The number of methoxy groups -OCH3 is 2. The summed E-state index contributed by atoms with van der Waals surface area (Å²) in [5.74, 6) is -0.565. The molecule has 9 heteroatoms. The van der Waals surface area contributed by atoms with Crippen LogP contribution in [-0.4, -0.2) is 38.7 Å². The molecule has 7 nitrogen and oxygen atoms in total. The number of rotatable bonds is 6. The van der Waals surface area contributed by atoms with Crippen LogP contribution in [0.4, 0.5) is 0 Å². The van der Waals surface area contributed by atoms with Crippen LogP contribution in [-0.2, 0) is 19.1 Å². The van der Waals surface area contributed by atoms with Crippen molar-refractivity contribution in [3.8, 4) is 11.5 Å². The zero-order chi connectivity index (χ0) is 21.0. The Hall–Kier alpha value is -3.03. The van der Waals surface area contributed by atoms with Gasteiger partial charge >= 0.3 is 11.9 Å². The number of benzene rings is 2. The molecule has 1 heterocycles. The Balaban J connectivity index is 1.90. The molecule has 3 rings (SSSR count). The molecule has 0 saturated heterocycles. The lowest BCUT2D eigenvalue weighted by Crippen LogP contribution is -2.13. The lowest BCUT2D eigenvalue weighted by atomic mass is 10.1. The minimum absolute atomic E-state index is 0.0846. The topological polar surface area (TPSA) is 83.4 Å². The highest BCUT2D eigenvalue weighted by Crippen LogP contribution is 2.37. The van der Waals surface area contributed by atoms with Crippen molar-refractivity contribution in [2.75, 3.05) is 20.8 Å². The highest BCUT2D eigenvalue weighted by atomic mass is 35.5. The fraction of sp³-hybridized carbons (Fsp3) is 0.150. The average molecular weight is 436 g/mol. The number of hydrogen-bond acceptors (Lipinski definition) is 7. The second-order valence-electron chi connectivity index (χ2n) is 5.75. The lowest BCUT2D eigenvalue weighted by Gasteiger charge is -2.12. The molecule has 2 aromatic carbocycles. The van der Waals surface area contributed by atoms with Crippen LogP contribution in [0.3, 0.4) is 0 Å². The van der Waals surface area contributed by atoms with Gasteiger partial charge in [0.15, 0.2) is 23.8 Å². The van der Waals surface area contributed by atoms with Crippen LogP contribution >= 0.6 is 23.2 Å². The summed E-state index contributed by atoms with van der Waals surface area (Å²) in [6.45, 7) is -0.327. The van der Waals surface area contributed by atoms with E-state index in [1.54, 1.807) is 36.4 Å². The van der Waals surface area contributed by atoms with E-state index in [0.717, 1.165) is 0 Å². The Bertz CT molecular complexity index is 1030. The third kappa shape index (κ3) is 4.88. The Morgan fingerprint density at radius 2 is 2.00 bits per heavy atom. The molecule has 0 spiro atoms. The van der Waals surface area contributed by atoms with Gasteiger partial charge in [0.2, 0.25) is 5.90 Å². The maximum Gasteiger partial charge on any atom is 0.363 e. The van der Waals surface area contributed by atoms with Gasteiger partial charge in [0.25, 0.3) is 0 Å². The van der Waals surface area contributed by atoms with Crippen LogP contribution in [0.2, 0.25) is 10.0 Å².